The zero-order valence-electron chi connectivity index (χ0n) is 9.71. The summed E-state index contributed by atoms with van der Waals surface area (Å²) in [7, 11) is 0. The van der Waals surface area contributed by atoms with Gasteiger partial charge in [-0.2, -0.15) is 0 Å². The number of aliphatic hydroxyl groups excluding tert-OH is 1. The molecule has 0 spiro atoms. The molecule has 0 atom stereocenters. The predicted molar refractivity (Wildman–Crippen MR) is 66.3 cm³/mol. The van der Waals surface area contributed by atoms with Crippen LogP contribution in [0.4, 0.5) is 0 Å². The summed E-state index contributed by atoms with van der Waals surface area (Å²) in [6.45, 7) is 0. The Kier molecular flexibility index (Phi) is 6.21. The Labute approximate surface area is 117 Å². The molecule has 2 heteroatoms. The van der Waals surface area contributed by atoms with Crippen LogP contribution in [0.1, 0.15) is 11.1 Å². The molecule has 0 bridgehead atoms. The monoisotopic (exact) mass is 260 g/mol. The molecular weight excluding hydrogens is 244 g/mol. The van der Waals surface area contributed by atoms with Crippen molar-refractivity contribution in [3.05, 3.63) is 71.8 Å². The molecule has 0 heterocycles. The Morgan fingerprint density at radius 1 is 0.706 bits per heavy atom. The van der Waals surface area contributed by atoms with Crippen molar-refractivity contribution < 1.29 is 26.8 Å². The van der Waals surface area contributed by atoms with Crippen LogP contribution < -0.4 is 0 Å². The van der Waals surface area contributed by atoms with Gasteiger partial charge in [-0.3, -0.25) is 0 Å². The van der Waals surface area contributed by atoms with Crippen LogP contribution in [0.2, 0.25) is 0 Å². The van der Waals surface area contributed by atoms with Gasteiger partial charge in [0, 0.05) is 21.7 Å². The van der Waals surface area contributed by atoms with Gasteiger partial charge in [-0.25, -0.2) is 0 Å². The smallest absolute Gasteiger partial charge is 0.0620 e. The third-order valence-electron chi connectivity index (χ3n) is 2.63. The Bertz CT molecular complexity index is 372. The molecule has 0 saturated carbocycles. The van der Waals surface area contributed by atoms with Gasteiger partial charge in [0.1, 0.15) is 0 Å². The van der Waals surface area contributed by atoms with Gasteiger partial charge in [-0.15, -0.1) is 0 Å². The third kappa shape index (κ3) is 4.87. The van der Waals surface area contributed by atoms with E-state index in [0.717, 1.165) is 12.8 Å². The van der Waals surface area contributed by atoms with Crippen molar-refractivity contribution >= 4 is 0 Å². The van der Waals surface area contributed by atoms with Crippen LogP contribution >= 0.6 is 0 Å². The average molecular weight is 260 g/mol. The number of rotatable bonds is 4. The summed E-state index contributed by atoms with van der Waals surface area (Å²) in [5.74, 6) is 0. The maximum Gasteiger partial charge on any atom is 0.0620 e. The van der Waals surface area contributed by atoms with Crippen molar-refractivity contribution in [3.8, 4) is 0 Å². The van der Waals surface area contributed by atoms with E-state index in [1.54, 1.807) is 0 Å². The molecule has 0 fully saturated rings. The van der Waals surface area contributed by atoms with E-state index >= 15 is 0 Å². The van der Waals surface area contributed by atoms with Crippen molar-refractivity contribution in [2.45, 2.75) is 18.9 Å². The molecule has 0 saturated heterocycles. The molecule has 0 aliphatic carbocycles. The van der Waals surface area contributed by atoms with Gasteiger partial charge in [0.25, 0.3) is 0 Å². The number of aliphatic hydroxyl groups is 1. The molecule has 1 N–H and O–H groups in total. The van der Waals surface area contributed by atoms with E-state index in [0.29, 0.717) is 0 Å². The van der Waals surface area contributed by atoms with Gasteiger partial charge in [0.05, 0.1) is 6.10 Å². The van der Waals surface area contributed by atoms with Gasteiger partial charge >= 0.3 is 0 Å². The second-order valence-corrected chi connectivity index (χ2v) is 4.03. The van der Waals surface area contributed by atoms with Crippen molar-refractivity contribution in [1.29, 1.82) is 0 Å². The van der Waals surface area contributed by atoms with Crippen LogP contribution in [-0.2, 0) is 34.6 Å². The first-order chi connectivity index (χ1) is 7.84. The largest absolute Gasteiger partial charge is 0.392 e. The van der Waals surface area contributed by atoms with E-state index in [1.165, 1.54) is 11.1 Å². The van der Waals surface area contributed by atoms with Crippen molar-refractivity contribution in [2.24, 2.45) is 0 Å². The topological polar surface area (TPSA) is 20.2 Å². The van der Waals surface area contributed by atoms with Crippen LogP contribution in [0, 0.1) is 0 Å². The molecule has 86 valence electrons. The van der Waals surface area contributed by atoms with E-state index in [4.69, 9.17) is 0 Å². The van der Waals surface area contributed by atoms with Gasteiger partial charge in [-0.1, -0.05) is 60.7 Å². The summed E-state index contributed by atoms with van der Waals surface area (Å²) in [5, 5.41) is 9.96. The SMILES string of the molecule is OC(Cc1ccccc1)Cc1ccccc1.[Ti]. The summed E-state index contributed by atoms with van der Waals surface area (Å²) in [6, 6.07) is 20.2. The summed E-state index contributed by atoms with van der Waals surface area (Å²) < 4.78 is 0. The van der Waals surface area contributed by atoms with Crippen LogP contribution in [0.5, 0.6) is 0 Å². The summed E-state index contributed by atoms with van der Waals surface area (Å²) in [6.07, 6.45) is 1.13. The minimum Gasteiger partial charge on any atom is -0.392 e. The maximum atomic E-state index is 9.96. The number of hydrogen-bond donors (Lipinski definition) is 1. The molecule has 1 nitrogen and oxygen atoms in total. The van der Waals surface area contributed by atoms with Crippen molar-refractivity contribution in [2.75, 3.05) is 0 Å². The quantitative estimate of drug-likeness (QED) is 0.838. The molecule has 2 aromatic rings. The minimum atomic E-state index is -0.301. The molecule has 0 radical (unpaired) electrons. The van der Waals surface area contributed by atoms with Gasteiger partial charge < -0.3 is 5.11 Å². The van der Waals surface area contributed by atoms with Crippen molar-refractivity contribution in [1.82, 2.24) is 0 Å². The van der Waals surface area contributed by atoms with E-state index in [1.807, 2.05) is 60.7 Å². The Morgan fingerprint density at radius 3 is 1.41 bits per heavy atom. The molecule has 0 aliphatic heterocycles. The van der Waals surface area contributed by atoms with E-state index in [-0.39, 0.29) is 27.8 Å². The summed E-state index contributed by atoms with van der Waals surface area (Å²) >= 11 is 0. The zero-order chi connectivity index (χ0) is 11.2. The van der Waals surface area contributed by atoms with Crippen LogP contribution in [-0.4, -0.2) is 11.2 Å². The average Bonchev–Trinajstić information content (AvgIpc) is 2.31. The molecule has 0 unspecified atom stereocenters. The molecule has 0 aliphatic rings. The Hall–Kier alpha value is -0.886. The summed E-state index contributed by atoms with van der Waals surface area (Å²) in [5.41, 5.74) is 2.37. The first-order valence-corrected chi connectivity index (χ1v) is 5.60. The second-order valence-electron chi connectivity index (χ2n) is 4.03. The fourth-order valence-corrected chi connectivity index (χ4v) is 1.84. The van der Waals surface area contributed by atoms with E-state index < -0.39 is 0 Å². The van der Waals surface area contributed by atoms with Gasteiger partial charge in [0.2, 0.25) is 0 Å². The molecule has 17 heavy (non-hydrogen) atoms. The van der Waals surface area contributed by atoms with Crippen LogP contribution in [0.3, 0.4) is 0 Å². The summed E-state index contributed by atoms with van der Waals surface area (Å²) in [4.78, 5) is 0. The minimum absolute atomic E-state index is 0. The standard InChI is InChI=1S/C15H16O.Ti/c16-15(11-13-7-3-1-4-8-13)12-14-9-5-2-6-10-14;/h1-10,15-16H,11-12H2;. The van der Waals surface area contributed by atoms with E-state index in [2.05, 4.69) is 0 Å². The molecule has 2 aromatic carbocycles. The van der Waals surface area contributed by atoms with Gasteiger partial charge in [0.15, 0.2) is 0 Å². The Morgan fingerprint density at radius 2 is 1.06 bits per heavy atom. The second kappa shape index (κ2) is 7.44. The molecule has 0 amide bonds. The first kappa shape index (κ1) is 14.2. The number of benzene rings is 2. The van der Waals surface area contributed by atoms with E-state index in [9.17, 15) is 5.11 Å². The van der Waals surface area contributed by atoms with Crippen molar-refractivity contribution in [3.63, 3.8) is 0 Å². The molecular formula is C15H16OTi. The van der Waals surface area contributed by atoms with Gasteiger partial charge in [-0.05, 0) is 24.0 Å². The Balaban J connectivity index is 0.00000144. The first-order valence-electron chi connectivity index (χ1n) is 5.60. The fourth-order valence-electron chi connectivity index (χ4n) is 1.84. The zero-order valence-corrected chi connectivity index (χ0v) is 11.3. The fraction of sp³-hybridized carbons (Fsp3) is 0.200. The maximum absolute atomic E-state index is 9.96. The predicted octanol–water partition coefficient (Wildman–Crippen LogP) is 2.83. The molecule has 2 rings (SSSR count). The number of hydrogen-bond acceptors (Lipinski definition) is 1. The van der Waals surface area contributed by atoms with Crippen LogP contribution in [0.25, 0.3) is 0 Å². The normalized spacial score (nSPS) is 10.0. The third-order valence-corrected chi connectivity index (χ3v) is 2.63. The van der Waals surface area contributed by atoms with Crippen LogP contribution in [0.15, 0.2) is 60.7 Å². The molecule has 0 aromatic heterocycles.